The van der Waals surface area contributed by atoms with Crippen LogP contribution in [0.5, 0.6) is 5.75 Å². The molecule has 9 heteroatoms. The molecule has 4 aromatic rings. The highest BCUT2D eigenvalue weighted by Crippen LogP contribution is 2.24. The highest BCUT2D eigenvalue weighted by Gasteiger charge is 2.17. The van der Waals surface area contributed by atoms with Gasteiger partial charge in [0.15, 0.2) is 5.82 Å². The summed E-state index contributed by atoms with van der Waals surface area (Å²) in [5.74, 6) is -0.480. The first-order chi connectivity index (χ1) is 15.5. The second kappa shape index (κ2) is 9.27. The van der Waals surface area contributed by atoms with Gasteiger partial charge < -0.3 is 10.1 Å². The van der Waals surface area contributed by atoms with Crippen molar-refractivity contribution in [3.63, 3.8) is 0 Å². The van der Waals surface area contributed by atoms with E-state index in [9.17, 15) is 8.78 Å². The Morgan fingerprint density at radius 1 is 1.12 bits per heavy atom. The Balaban J connectivity index is 1.48. The number of nitrogens with one attached hydrogen (secondary N) is 1. The van der Waals surface area contributed by atoms with Crippen molar-refractivity contribution in [1.29, 1.82) is 0 Å². The topological polar surface area (TPSA) is 69.8 Å². The summed E-state index contributed by atoms with van der Waals surface area (Å²) in [7, 11) is 1.64. The molecule has 1 N–H and O–H groups in total. The molecule has 2 aromatic carbocycles. The first-order valence-corrected chi connectivity index (χ1v) is 10.2. The number of nitrogens with zero attached hydrogens (tertiary/aromatic N) is 5. The quantitative estimate of drug-likeness (QED) is 0.451. The lowest BCUT2D eigenvalue weighted by molar-refractivity contribution is 0.407. The van der Waals surface area contributed by atoms with Crippen molar-refractivity contribution in [1.82, 2.24) is 29.9 Å². The van der Waals surface area contributed by atoms with Crippen LogP contribution in [0.1, 0.15) is 35.3 Å². The van der Waals surface area contributed by atoms with Gasteiger partial charge in [0.2, 0.25) is 0 Å². The predicted molar refractivity (Wildman–Crippen MR) is 116 cm³/mol. The molecule has 0 amide bonds. The van der Waals surface area contributed by atoms with E-state index in [1.807, 2.05) is 26.0 Å². The van der Waals surface area contributed by atoms with Gasteiger partial charge in [0.1, 0.15) is 29.9 Å². The molecule has 0 spiro atoms. The smallest absolute Gasteiger partial charge is 0.151 e. The normalized spacial score (nSPS) is 12.2. The second-order valence-electron chi connectivity index (χ2n) is 7.53. The molecule has 166 valence electrons. The number of benzene rings is 2. The minimum atomic E-state index is -0.651. The van der Waals surface area contributed by atoms with Crippen LogP contribution in [-0.4, -0.2) is 31.7 Å². The molecule has 7 nitrogen and oxygen atoms in total. The Kier molecular flexibility index (Phi) is 6.27. The zero-order valence-corrected chi connectivity index (χ0v) is 18.1. The fourth-order valence-corrected chi connectivity index (χ4v) is 3.68. The molecular formula is C23H24F2N6O. The maximum atomic E-state index is 14.2. The van der Waals surface area contributed by atoms with Crippen LogP contribution in [-0.2, 0) is 13.1 Å². The van der Waals surface area contributed by atoms with E-state index >= 15 is 0 Å². The molecule has 0 bridgehead atoms. The van der Waals surface area contributed by atoms with Gasteiger partial charge in [-0.3, -0.25) is 0 Å². The van der Waals surface area contributed by atoms with E-state index in [1.54, 1.807) is 24.3 Å². The Morgan fingerprint density at radius 3 is 2.69 bits per heavy atom. The van der Waals surface area contributed by atoms with Crippen LogP contribution in [0.2, 0.25) is 0 Å². The van der Waals surface area contributed by atoms with Gasteiger partial charge in [-0.25, -0.2) is 23.1 Å². The van der Waals surface area contributed by atoms with Crippen molar-refractivity contribution < 1.29 is 13.5 Å². The third kappa shape index (κ3) is 4.52. The van der Waals surface area contributed by atoms with E-state index in [4.69, 9.17) is 4.74 Å². The Morgan fingerprint density at radius 2 is 1.97 bits per heavy atom. The van der Waals surface area contributed by atoms with Crippen LogP contribution in [0.15, 0.2) is 55.2 Å². The molecule has 0 aliphatic heterocycles. The number of hydrogen-bond donors (Lipinski definition) is 1. The Hall–Kier alpha value is -3.59. The van der Waals surface area contributed by atoms with Crippen molar-refractivity contribution in [2.45, 2.75) is 33.0 Å². The molecule has 32 heavy (non-hydrogen) atoms. The van der Waals surface area contributed by atoms with Gasteiger partial charge in [0.05, 0.1) is 19.9 Å². The van der Waals surface area contributed by atoms with Gasteiger partial charge in [-0.2, -0.15) is 10.2 Å². The largest absolute Gasteiger partial charge is 0.496 e. The minimum Gasteiger partial charge on any atom is -0.496 e. The molecule has 4 rings (SSSR count). The Bertz CT molecular complexity index is 1210. The lowest BCUT2D eigenvalue weighted by Crippen LogP contribution is -2.19. The molecule has 0 saturated heterocycles. The molecule has 0 saturated carbocycles. The molecule has 1 atom stereocenters. The summed E-state index contributed by atoms with van der Waals surface area (Å²) in [5, 5.41) is 12.0. The summed E-state index contributed by atoms with van der Waals surface area (Å²) < 4.78 is 36.1. The van der Waals surface area contributed by atoms with Crippen LogP contribution in [0.4, 0.5) is 8.78 Å². The van der Waals surface area contributed by atoms with Gasteiger partial charge in [-0.05, 0) is 43.7 Å². The van der Waals surface area contributed by atoms with Crippen LogP contribution in [0.3, 0.4) is 0 Å². The molecule has 0 radical (unpaired) electrons. The molecular weight excluding hydrogens is 414 g/mol. The average Bonchev–Trinajstić information content (AvgIpc) is 3.42. The van der Waals surface area contributed by atoms with E-state index in [1.165, 1.54) is 23.1 Å². The first-order valence-electron chi connectivity index (χ1n) is 10.2. The molecule has 2 aromatic heterocycles. The second-order valence-corrected chi connectivity index (χ2v) is 7.53. The highest BCUT2D eigenvalue weighted by atomic mass is 19.1. The zero-order valence-electron chi connectivity index (χ0n) is 18.1. The summed E-state index contributed by atoms with van der Waals surface area (Å²) in [4.78, 5) is 3.98. The van der Waals surface area contributed by atoms with E-state index in [0.717, 1.165) is 34.2 Å². The van der Waals surface area contributed by atoms with Crippen molar-refractivity contribution in [2.24, 2.45) is 0 Å². The number of rotatable bonds is 8. The number of ether oxygens (including phenoxy) is 1. The fourth-order valence-electron chi connectivity index (χ4n) is 3.68. The third-order valence-corrected chi connectivity index (χ3v) is 5.41. The summed E-state index contributed by atoms with van der Waals surface area (Å²) in [6.45, 7) is 5.06. The van der Waals surface area contributed by atoms with Crippen molar-refractivity contribution in [3.8, 4) is 11.4 Å². The first kappa shape index (κ1) is 21.6. The van der Waals surface area contributed by atoms with E-state index in [-0.39, 0.29) is 11.7 Å². The molecule has 0 fully saturated rings. The van der Waals surface area contributed by atoms with Crippen LogP contribution < -0.4 is 10.1 Å². The van der Waals surface area contributed by atoms with Crippen LogP contribution in [0, 0.1) is 18.6 Å². The monoisotopic (exact) mass is 438 g/mol. The van der Waals surface area contributed by atoms with Crippen molar-refractivity contribution >= 4 is 0 Å². The summed E-state index contributed by atoms with van der Waals surface area (Å²) in [6, 6.07) is 9.46. The average molecular weight is 438 g/mol. The van der Waals surface area contributed by atoms with Crippen LogP contribution >= 0.6 is 0 Å². The molecule has 0 aliphatic rings. The summed E-state index contributed by atoms with van der Waals surface area (Å²) >= 11 is 0. The molecule has 0 unspecified atom stereocenters. The maximum Gasteiger partial charge on any atom is 0.151 e. The summed E-state index contributed by atoms with van der Waals surface area (Å²) in [6.07, 6.45) is 4.87. The zero-order chi connectivity index (χ0) is 22.7. The number of methoxy groups -OCH3 is 1. The number of hydrogen-bond acceptors (Lipinski definition) is 5. The lowest BCUT2D eigenvalue weighted by Gasteiger charge is -2.16. The van der Waals surface area contributed by atoms with Gasteiger partial charge in [0, 0.05) is 35.5 Å². The Labute approximate surface area is 184 Å². The van der Waals surface area contributed by atoms with Gasteiger partial charge >= 0.3 is 0 Å². The minimum absolute atomic E-state index is 0.0341. The van der Waals surface area contributed by atoms with Gasteiger partial charge in [-0.15, -0.1) is 0 Å². The van der Waals surface area contributed by atoms with Crippen molar-refractivity contribution in [3.05, 3.63) is 89.3 Å². The number of halogens is 2. The van der Waals surface area contributed by atoms with E-state index in [2.05, 4.69) is 26.6 Å². The third-order valence-electron chi connectivity index (χ3n) is 5.41. The highest BCUT2D eigenvalue weighted by molar-refractivity contribution is 5.38. The van der Waals surface area contributed by atoms with Gasteiger partial charge in [0.25, 0.3) is 0 Å². The van der Waals surface area contributed by atoms with Crippen molar-refractivity contribution in [2.75, 3.05) is 7.11 Å². The lowest BCUT2D eigenvalue weighted by atomic mass is 10.1. The summed E-state index contributed by atoms with van der Waals surface area (Å²) in [5.41, 5.74) is 4.03. The number of aromatic nitrogens is 5. The van der Waals surface area contributed by atoms with Crippen LogP contribution in [0.25, 0.3) is 5.69 Å². The van der Waals surface area contributed by atoms with E-state index in [0.29, 0.717) is 13.1 Å². The SMILES string of the molecule is COc1ccc(CN[C@@H](C)c2cnn(-c3ccc(F)cc3F)c2C)cc1Cn1cncn1. The maximum absolute atomic E-state index is 14.2. The van der Waals surface area contributed by atoms with E-state index < -0.39 is 11.6 Å². The van der Waals surface area contributed by atoms with Gasteiger partial charge in [-0.1, -0.05) is 6.07 Å². The molecule has 0 aliphatic carbocycles. The predicted octanol–water partition coefficient (Wildman–Crippen LogP) is 3.96. The fraction of sp³-hybridized carbons (Fsp3) is 0.261. The molecule has 2 heterocycles. The standard InChI is InChI=1S/C23H24F2N6O/c1-15(20-11-28-31(16(20)2)22-6-5-19(24)9-21(22)25)27-10-17-4-7-23(32-3)18(8-17)12-30-14-26-13-29-30/h4-9,11,13-15,27H,10,12H2,1-3H3/t15-/m0/s1.